The minimum Gasteiger partial charge on any atom is -0.368 e. The second-order valence-corrected chi connectivity index (χ2v) is 13.9. The standard InChI is InChI=1S/C28H33FN6O3S2/c1-17-3-10-24(34-33-17)28-32-25(22-9-6-20(29)15-23(22)27(36)31-18(2)16-30)26(39-28)19-4-7-21(8-5-19)35-11-13-40(37,38)14-12-35/h3-5,7-8,10,18,20,22-23,37-38H,6,9,11-15H2,1-2H3,(H,31,36)/t18-,20-,22+,23+/m0/s1. The Kier molecular flexibility index (Phi) is 8.37. The Morgan fingerprint density at radius 1 is 1.18 bits per heavy atom. The van der Waals surface area contributed by atoms with Crippen molar-refractivity contribution in [1.82, 2.24) is 20.5 Å². The zero-order chi connectivity index (χ0) is 28.4. The van der Waals surface area contributed by atoms with Gasteiger partial charge < -0.3 is 10.2 Å². The number of halogens is 1. The Labute approximate surface area is 238 Å². The van der Waals surface area contributed by atoms with Gasteiger partial charge in [0.05, 0.1) is 33.8 Å². The molecule has 1 aromatic carbocycles. The van der Waals surface area contributed by atoms with Crippen LogP contribution in [0.2, 0.25) is 0 Å². The third kappa shape index (κ3) is 6.28. The Morgan fingerprint density at radius 2 is 1.90 bits per heavy atom. The number of hydrogen-bond donors (Lipinski definition) is 3. The summed E-state index contributed by atoms with van der Waals surface area (Å²) in [5, 5.41) is 21.1. The van der Waals surface area contributed by atoms with E-state index >= 15 is 0 Å². The van der Waals surface area contributed by atoms with E-state index in [0.29, 0.717) is 48.1 Å². The van der Waals surface area contributed by atoms with Crippen LogP contribution in [0, 0.1) is 24.2 Å². The van der Waals surface area contributed by atoms with Crippen LogP contribution >= 0.6 is 21.9 Å². The fourth-order valence-electron chi connectivity index (χ4n) is 5.31. The predicted octanol–water partition coefficient (Wildman–Crippen LogP) is 5.40. The number of hydrogen-bond acceptors (Lipinski definition) is 9. The van der Waals surface area contributed by atoms with E-state index in [9.17, 15) is 23.6 Å². The summed E-state index contributed by atoms with van der Waals surface area (Å²) in [6, 6.07) is 13.1. The molecule has 0 unspecified atom stereocenters. The molecule has 12 heteroatoms. The van der Waals surface area contributed by atoms with E-state index in [1.165, 1.54) is 11.3 Å². The number of nitrogens with zero attached hydrogens (tertiary/aromatic N) is 5. The minimum atomic E-state index is -2.48. The van der Waals surface area contributed by atoms with Crippen molar-refractivity contribution in [1.29, 1.82) is 5.26 Å². The molecule has 2 aliphatic rings. The molecule has 3 N–H and O–H groups in total. The lowest BCUT2D eigenvalue weighted by molar-refractivity contribution is -0.127. The number of anilines is 1. The van der Waals surface area contributed by atoms with Gasteiger partial charge in [0.2, 0.25) is 5.91 Å². The molecule has 4 atom stereocenters. The van der Waals surface area contributed by atoms with Crippen molar-refractivity contribution < 1.29 is 18.3 Å². The first-order valence-electron chi connectivity index (χ1n) is 13.4. The average Bonchev–Trinajstić information content (AvgIpc) is 3.38. The molecule has 1 amide bonds. The maximum absolute atomic E-state index is 14.6. The van der Waals surface area contributed by atoms with Crippen LogP contribution in [0.25, 0.3) is 21.1 Å². The van der Waals surface area contributed by atoms with Crippen molar-refractivity contribution >= 4 is 33.5 Å². The normalized spacial score (nSPS) is 24.1. The molecule has 1 saturated carbocycles. The Morgan fingerprint density at radius 3 is 2.55 bits per heavy atom. The van der Waals surface area contributed by atoms with Crippen LogP contribution in [0.4, 0.5) is 10.1 Å². The van der Waals surface area contributed by atoms with E-state index in [1.807, 2.05) is 49.4 Å². The molecule has 1 aliphatic carbocycles. The molecule has 1 aliphatic heterocycles. The molecule has 40 heavy (non-hydrogen) atoms. The molecule has 0 spiro atoms. The maximum Gasteiger partial charge on any atom is 0.224 e. The first kappa shape index (κ1) is 28.4. The fourth-order valence-corrected chi connectivity index (χ4v) is 7.65. The number of aromatic nitrogens is 3. The molecule has 3 aromatic rings. The summed E-state index contributed by atoms with van der Waals surface area (Å²) < 4.78 is 34.5. The largest absolute Gasteiger partial charge is 0.368 e. The summed E-state index contributed by atoms with van der Waals surface area (Å²) >= 11 is 1.47. The third-order valence-corrected chi connectivity index (χ3v) is 10.4. The van der Waals surface area contributed by atoms with E-state index in [0.717, 1.165) is 27.5 Å². The van der Waals surface area contributed by atoms with Crippen LogP contribution in [-0.4, -0.2) is 67.0 Å². The van der Waals surface area contributed by atoms with Gasteiger partial charge in [0, 0.05) is 30.6 Å². The van der Waals surface area contributed by atoms with Crippen molar-refractivity contribution in [2.24, 2.45) is 5.92 Å². The van der Waals surface area contributed by atoms with Crippen molar-refractivity contribution in [3.05, 3.63) is 47.8 Å². The molecule has 212 valence electrons. The molecular formula is C28H33FN6O3S2. The first-order valence-corrected chi connectivity index (χ1v) is 16.1. The van der Waals surface area contributed by atoms with Crippen LogP contribution in [0.3, 0.4) is 0 Å². The molecule has 2 fully saturated rings. The quantitative estimate of drug-likeness (QED) is 0.351. The summed E-state index contributed by atoms with van der Waals surface area (Å²) in [6.45, 7) is 4.63. The minimum absolute atomic E-state index is 0.0817. The number of rotatable bonds is 6. The van der Waals surface area contributed by atoms with Gasteiger partial charge in [0.25, 0.3) is 0 Å². The van der Waals surface area contributed by atoms with E-state index in [1.54, 1.807) is 6.92 Å². The van der Waals surface area contributed by atoms with Crippen LogP contribution in [-0.2, 0) is 4.79 Å². The van der Waals surface area contributed by atoms with Crippen LogP contribution < -0.4 is 10.2 Å². The highest BCUT2D eigenvalue weighted by molar-refractivity contribution is 8.24. The molecule has 2 aromatic heterocycles. The Balaban J connectivity index is 1.51. The van der Waals surface area contributed by atoms with Crippen molar-refractivity contribution in [2.75, 3.05) is 29.5 Å². The van der Waals surface area contributed by atoms with E-state index in [2.05, 4.69) is 20.4 Å². The molecular weight excluding hydrogens is 551 g/mol. The monoisotopic (exact) mass is 584 g/mol. The smallest absolute Gasteiger partial charge is 0.224 e. The number of aryl methyl sites for hydroxylation is 1. The fraction of sp³-hybridized carbons (Fsp3) is 0.464. The second-order valence-electron chi connectivity index (χ2n) is 10.5. The molecule has 1 saturated heterocycles. The molecule has 0 radical (unpaired) electrons. The maximum atomic E-state index is 14.6. The number of nitriles is 1. The van der Waals surface area contributed by atoms with E-state index in [4.69, 9.17) is 4.98 Å². The highest BCUT2D eigenvalue weighted by Gasteiger charge is 2.39. The third-order valence-electron chi connectivity index (χ3n) is 7.57. The predicted molar refractivity (Wildman–Crippen MR) is 156 cm³/mol. The highest BCUT2D eigenvalue weighted by Crippen LogP contribution is 2.46. The van der Waals surface area contributed by atoms with Crippen LogP contribution in [0.5, 0.6) is 0 Å². The summed E-state index contributed by atoms with van der Waals surface area (Å²) in [4.78, 5) is 21.2. The number of nitrogens with one attached hydrogen (secondary N) is 1. The Bertz CT molecular complexity index is 1380. The van der Waals surface area contributed by atoms with Crippen molar-refractivity contribution in [3.8, 4) is 27.2 Å². The molecule has 9 nitrogen and oxygen atoms in total. The molecule has 5 rings (SSSR count). The van der Waals surface area contributed by atoms with Gasteiger partial charge in [-0.25, -0.2) is 9.37 Å². The van der Waals surface area contributed by atoms with Gasteiger partial charge in [0.1, 0.15) is 22.9 Å². The van der Waals surface area contributed by atoms with Gasteiger partial charge >= 0.3 is 0 Å². The number of benzene rings is 1. The van der Waals surface area contributed by atoms with Crippen molar-refractivity contribution in [3.63, 3.8) is 0 Å². The van der Waals surface area contributed by atoms with Crippen LogP contribution in [0.15, 0.2) is 36.4 Å². The number of amides is 1. The second kappa shape index (κ2) is 11.8. The summed E-state index contributed by atoms with van der Waals surface area (Å²) in [5.41, 5.74) is 4.08. The topological polar surface area (TPSA) is 135 Å². The van der Waals surface area contributed by atoms with E-state index in [-0.39, 0.29) is 18.2 Å². The molecule has 0 bridgehead atoms. The SMILES string of the molecule is Cc1ccc(-c2nc([C@@H]3CC[C@H](F)C[C@H]3C(=O)N[C@@H](C)C#N)c(-c3ccc(N4CCS(O)(O)CC4)cc3)s2)nn1. The van der Waals surface area contributed by atoms with Gasteiger partial charge in [-0.15, -0.1) is 16.4 Å². The zero-order valence-electron chi connectivity index (χ0n) is 22.5. The lowest BCUT2D eigenvalue weighted by atomic mass is 9.75. The Hall–Kier alpha value is -3.11. The first-order chi connectivity index (χ1) is 19.1. The summed E-state index contributed by atoms with van der Waals surface area (Å²) in [7, 11) is -2.48. The number of alkyl halides is 1. The lowest BCUT2D eigenvalue weighted by Crippen LogP contribution is -2.41. The van der Waals surface area contributed by atoms with Gasteiger partial charge in [-0.05, 0) is 62.9 Å². The highest BCUT2D eigenvalue weighted by atomic mass is 32.3. The van der Waals surface area contributed by atoms with Gasteiger partial charge in [-0.1, -0.05) is 12.1 Å². The number of carbonyl (C=O) groups is 1. The van der Waals surface area contributed by atoms with Gasteiger partial charge in [0.15, 0.2) is 0 Å². The molecule has 3 heterocycles. The van der Waals surface area contributed by atoms with Crippen LogP contribution in [0.1, 0.15) is 43.5 Å². The van der Waals surface area contributed by atoms with E-state index < -0.39 is 28.7 Å². The lowest BCUT2D eigenvalue weighted by Gasteiger charge is -2.41. The summed E-state index contributed by atoms with van der Waals surface area (Å²) in [5.74, 6) is -0.573. The average molecular weight is 585 g/mol. The van der Waals surface area contributed by atoms with Crippen molar-refractivity contribution in [2.45, 2.75) is 51.2 Å². The zero-order valence-corrected chi connectivity index (χ0v) is 24.1. The van der Waals surface area contributed by atoms with Gasteiger partial charge in [-0.2, -0.15) is 21.0 Å². The summed E-state index contributed by atoms with van der Waals surface area (Å²) in [6.07, 6.45) is -0.199. The number of thiazole rings is 1. The van der Waals surface area contributed by atoms with Gasteiger partial charge in [-0.3, -0.25) is 13.9 Å². The number of carbonyl (C=O) groups excluding carboxylic acids is 1.